The lowest BCUT2D eigenvalue weighted by Crippen LogP contribution is -2.65. The first kappa shape index (κ1) is 34.3. The van der Waals surface area contributed by atoms with Crippen LogP contribution in [0.1, 0.15) is 125 Å². The topological polar surface area (TPSA) is 53.0 Å². The molecule has 46 heavy (non-hydrogen) atoms. The van der Waals surface area contributed by atoms with Crippen molar-refractivity contribution in [2.45, 2.75) is 136 Å². The Morgan fingerprint density at radius 2 is 1.76 bits per heavy atom. The van der Waals surface area contributed by atoms with E-state index in [2.05, 4.69) is 34.6 Å². The van der Waals surface area contributed by atoms with E-state index in [0.717, 1.165) is 54.7 Å². The normalized spacial score (nSPS) is 39.1. The van der Waals surface area contributed by atoms with Crippen LogP contribution in [0.15, 0.2) is 29.4 Å². The predicted octanol–water partition coefficient (Wildman–Crippen LogP) is 10.2. The lowest BCUT2D eigenvalue weighted by atomic mass is 9.43. The molecule has 0 radical (unpaired) electrons. The quantitative estimate of drug-likeness (QED) is 0.284. The van der Waals surface area contributed by atoms with Gasteiger partial charge in [-0.15, -0.1) is 16.7 Å². The molecule has 4 aliphatic carbocycles. The van der Waals surface area contributed by atoms with Gasteiger partial charge in [0.15, 0.2) is 5.17 Å². The van der Waals surface area contributed by atoms with E-state index < -0.39 is 4.87 Å². The van der Waals surface area contributed by atoms with Crippen LogP contribution >= 0.6 is 23.4 Å². The minimum absolute atomic E-state index is 0.0330. The van der Waals surface area contributed by atoms with Crippen molar-refractivity contribution in [3.8, 4) is 0 Å². The van der Waals surface area contributed by atoms with Crippen molar-refractivity contribution in [3.63, 3.8) is 0 Å². The van der Waals surface area contributed by atoms with Crippen LogP contribution in [-0.2, 0) is 9.59 Å². The van der Waals surface area contributed by atoms with Crippen LogP contribution in [0.4, 0.5) is 5.69 Å². The number of benzene rings is 1. The SMILES string of the molecule is CC(=O)N(C1=NN(C(C)=O)[C@]2(C[C@H]3[C@@H]4CC[C@H]([C@H](C)CCCC(C)C)[C@@]4(C)CC[C@@H]3[C@@]3(C)CC[C@H](Cl)C[C@@H]32)S1)c1cccc(C)c1. The first-order valence-electron chi connectivity index (χ1n) is 18.3. The summed E-state index contributed by atoms with van der Waals surface area (Å²) in [5.74, 6) is 4.23. The van der Waals surface area contributed by atoms with Crippen LogP contribution in [-0.4, -0.2) is 32.2 Å². The van der Waals surface area contributed by atoms with Crippen molar-refractivity contribution in [1.29, 1.82) is 0 Å². The number of carbonyl (C=O) groups excluding carboxylic acids is 2. The maximum absolute atomic E-state index is 13.7. The lowest BCUT2D eigenvalue weighted by molar-refractivity contribution is -0.164. The fourth-order valence-electron chi connectivity index (χ4n) is 11.7. The molecule has 2 amide bonds. The molecule has 0 unspecified atom stereocenters. The smallest absolute Gasteiger partial charge is 0.240 e. The highest BCUT2D eigenvalue weighted by Crippen LogP contribution is 2.73. The second-order valence-electron chi connectivity index (χ2n) is 16.9. The van der Waals surface area contributed by atoms with Gasteiger partial charge >= 0.3 is 0 Å². The summed E-state index contributed by atoms with van der Waals surface area (Å²) < 4.78 is 0. The Kier molecular flexibility index (Phi) is 9.50. The van der Waals surface area contributed by atoms with E-state index in [1.165, 1.54) is 44.9 Å². The average molecular weight is 668 g/mol. The second kappa shape index (κ2) is 12.7. The Morgan fingerprint density at radius 3 is 2.43 bits per heavy atom. The van der Waals surface area contributed by atoms with Crippen LogP contribution < -0.4 is 4.90 Å². The number of alkyl halides is 1. The Bertz CT molecular complexity index is 1370. The number of aryl methyl sites for hydroxylation is 1. The zero-order valence-corrected chi connectivity index (χ0v) is 31.2. The monoisotopic (exact) mass is 667 g/mol. The minimum Gasteiger partial charge on any atom is -0.274 e. The molecule has 1 spiro atoms. The van der Waals surface area contributed by atoms with Gasteiger partial charge in [0.1, 0.15) is 4.87 Å². The Hall–Kier alpha value is -1.53. The number of anilines is 1. The summed E-state index contributed by atoms with van der Waals surface area (Å²) in [5.41, 5.74) is 2.32. The van der Waals surface area contributed by atoms with Crippen molar-refractivity contribution in [2.75, 3.05) is 4.90 Å². The first-order chi connectivity index (χ1) is 21.7. The number of hydrogen-bond donors (Lipinski definition) is 0. The third kappa shape index (κ3) is 5.67. The van der Waals surface area contributed by atoms with Crippen LogP contribution in [0.3, 0.4) is 0 Å². The molecular weight excluding hydrogens is 610 g/mol. The van der Waals surface area contributed by atoms with Gasteiger partial charge in [0.2, 0.25) is 11.8 Å². The molecule has 7 heteroatoms. The van der Waals surface area contributed by atoms with Crippen molar-refractivity contribution in [1.82, 2.24) is 5.01 Å². The highest BCUT2D eigenvalue weighted by atomic mass is 35.5. The summed E-state index contributed by atoms with van der Waals surface area (Å²) in [5, 5.41) is 7.66. The molecule has 0 saturated heterocycles. The average Bonchev–Trinajstić information content (AvgIpc) is 3.52. The van der Waals surface area contributed by atoms with E-state index in [1.54, 1.807) is 30.5 Å². The number of amidine groups is 1. The lowest BCUT2D eigenvalue weighted by Gasteiger charge is -2.66. The molecule has 0 N–H and O–H groups in total. The first-order valence-corrected chi connectivity index (χ1v) is 19.6. The Labute approximate surface area is 288 Å². The molecule has 10 atom stereocenters. The number of thioether (sulfide) groups is 1. The number of hydrogen-bond acceptors (Lipinski definition) is 4. The maximum atomic E-state index is 13.7. The fraction of sp³-hybridized carbons (Fsp3) is 0.769. The summed E-state index contributed by atoms with van der Waals surface area (Å²) in [6.45, 7) is 17.7. The molecule has 5 aliphatic rings. The molecule has 0 bridgehead atoms. The van der Waals surface area contributed by atoms with Gasteiger partial charge in [-0.3, -0.25) is 14.5 Å². The molecule has 1 heterocycles. The van der Waals surface area contributed by atoms with E-state index in [1.807, 2.05) is 36.2 Å². The van der Waals surface area contributed by atoms with Gasteiger partial charge in [-0.1, -0.05) is 77.8 Å². The van der Waals surface area contributed by atoms with E-state index in [-0.39, 0.29) is 28.5 Å². The third-order valence-corrected chi connectivity index (χ3v) is 15.5. The zero-order valence-electron chi connectivity index (χ0n) is 29.7. The highest BCUT2D eigenvalue weighted by molar-refractivity contribution is 8.15. The number of fused-ring (bicyclic) bond motifs is 6. The summed E-state index contributed by atoms with van der Waals surface area (Å²) in [6, 6.07) is 8.05. The molecule has 6 rings (SSSR count). The highest BCUT2D eigenvalue weighted by Gasteiger charge is 2.69. The summed E-state index contributed by atoms with van der Waals surface area (Å²) in [7, 11) is 0. The molecule has 5 nitrogen and oxygen atoms in total. The largest absolute Gasteiger partial charge is 0.274 e. The number of carbonyl (C=O) groups is 2. The van der Waals surface area contributed by atoms with Gasteiger partial charge in [-0.05, 0) is 122 Å². The van der Waals surface area contributed by atoms with E-state index in [4.69, 9.17) is 16.7 Å². The van der Waals surface area contributed by atoms with Crippen molar-refractivity contribution in [2.24, 2.45) is 57.4 Å². The van der Waals surface area contributed by atoms with Gasteiger partial charge in [0.25, 0.3) is 0 Å². The van der Waals surface area contributed by atoms with E-state index >= 15 is 0 Å². The number of halogens is 1. The van der Waals surface area contributed by atoms with Crippen LogP contribution in [0.25, 0.3) is 0 Å². The van der Waals surface area contributed by atoms with E-state index in [0.29, 0.717) is 28.3 Å². The van der Waals surface area contributed by atoms with Gasteiger partial charge in [-0.25, -0.2) is 5.01 Å². The van der Waals surface area contributed by atoms with Crippen molar-refractivity contribution < 1.29 is 9.59 Å². The molecule has 1 aromatic carbocycles. The van der Waals surface area contributed by atoms with Gasteiger partial charge in [-0.2, -0.15) is 0 Å². The van der Waals surface area contributed by atoms with Crippen molar-refractivity contribution in [3.05, 3.63) is 29.8 Å². The standard InChI is InChI=1S/C39H58ClN3O2S/c1-24(2)11-9-13-26(4)32-15-16-33-31-23-39(35-22-29(40)17-19-38(35,8)34(31)18-20-37(32,33)7)43(28(6)45)41-36(46-39)42(27(5)44)30-14-10-12-25(3)21-30/h10,12,14,21,24,26,29,31-35H,9,11,13,15-20,22-23H2,1-8H3/t26-,29+,31+,32-,33+,34+,35+,37-,38-,39-/m1/s1. The fourth-order valence-corrected chi connectivity index (χ4v) is 13.8. The Morgan fingerprint density at radius 1 is 1.04 bits per heavy atom. The van der Waals surface area contributed by atoms with Crippen LogP contribution in [0, 0.1) is 59.2 Å². The summed E-state index contributed by atoms with van der Waals surface area (Å²) in [4.78, 5) is 28.2. The third-order valence-electron chi connectivity index (χ3n) is 13.7. The molecule has 0 aromatic heterocycles. The zero-order chi connectivity index (χ0) is 33.2. The molecule has 4 fully saturated rings. The van der Waals surface area contributed by atoms with E-state index in [9.17, 15) is 9.59 Å². The maximum Gasteiger partial charge on any atom is 0.240 e. The van der Waals surface area contributed by atoms with Crippen LogP contribution in [0.2, 0.25) is 0 Å². The van der Waals surface area contributed by atoms with Gasteiger partial charge in [0, 0.05) is 25.1 Å². The number of hydrazone groups is 1. The molecular formula is C39H58ClN3O2S. The number of rotatable bonds is 6. The molecule has 254 valence electrons. The Balaban J connectivity index is 1.38. The predicted molar refractivity (Wildman–Crippen MR) is 193 cm³/mol. The number of amides is 2. The van der Waals surface area contributed by atoms with Gasteiger partial charge < -0.3 is 0 Å². The van der Waals surface area contributed by atoms with Gasteiger partial charge in [0.05, 0.1) is 5.69 Å². The van der Waals surface area contributed by atoms with Crippen molar-refractivity contribution >= 4 is 46.0 Å². The number of nitrogens with zero attached hydrogens (tertiary/aromatic N) is 3. The molecule has 1 aromatic rings. The summed E-state index contributed by atoms with van der Waals surface area (Å²) >= 11 is 8.74. The molecule has 1 aliphatic heterocycles. The summed E-state index contributed by atoms with van der Waals surface area (Å²) in [6.07, 6.45) is 13.2. The minimum atomic E-state index is -0.540. The second-order valence-corrected chi connectivity index (χ2v) is 18.8. The van der Waals surface area contributed by atoms with Crippen LogP contribution in [0.5, 0.6) is 0 Å². The molecule has 4 saturated carbocycles.